The van der Waals surface area contributed by atoms with Crippen molar-refractivity contribution in [2.75, 3.05) is 6.54 Å². The van der Waals surface area contributed by atoms with Crippen LogP contribution in [-0.4, -0.2) is 17.5 Å². The molecule has 0 saturated carbocycles. The molecule has 25 heavy (non-hydrogen) atoms. The molecule has 0 spiro atoms. The molecular weight excluding hydrogens is 436 g/mol. The minimum atomic E-state index is -0.382. The van der Waals surface area contributed by atoms with Crippen molar-refractivity contribution in [2.24, 2.45) is 4.99 Å². The maximum atomic E-state index is 13.8. The third kappa shape index (κ3) is 6.01. The van der Waals surface area contributed by atoms with Gasteiger partial charge in [-0.1, -0.05) is 0 Å². The number of benzene rings is 1. The van der Waals surface area contributed by atoms with Crippen LogP contribution in [0.2, 0.25) is 0 Å². The number of aromatic nitrogens is 1. The molecule has 8 heteroatoms. The van der Waals surface area contributed by atoms with Crippen molar-refractivity contribution < 1.29 is 8.81 Å². The van der Waals surface area contributed by atoms with Crippen LogP contribution in [0.4, 0.5) is 4.39 Å². The molecule has 2 rings (SSSR count). The normalized spacial score (nSPS) is 10.8. The van der Waals surface area contributed by atoms with E-state index < -0.39 is 0 Å². The first kappa shape index (κ1) is 20.9. The van der Waals surface area contributed by atoms with Gasteiger partial charge in [0.05, 0.1) is 30.4 Å². The Morgan fingerprint density at radius 1 is 1.36 bits per heavy atom. The number of hydrogen-bond acceptors (Lipinski definition) is 4. The predicted octanol–water partition coefficient (Wildman–Crippen LogP) is 3.18. The Morgan fingerprint density at radius 3 is 2.72 bits per heavy atom. The Kier molecular flexibility index (Phi) is 8.34. The SMILES string of the molecule is CCNC(=NCc1cc(C#N)ccc1F)NCc1nc(C)c(C)o1.I. The van der Waals surface area contributed by atoms with Gasteiger partial charge in [-0.05, 0) is 39.0 Å². The molecule has 0 aliphatic rings. The molecule has 0 aliphatic heterocycles. The van der Waals surface area contributed by atoms with Gasteiger partial charge in [0.2, 0.25) is 5.89 Å². The molecule has 0 atom stereocenters. The first-order chi connectivity index (χ1) is 11.5. The highest BCUT2D eigenvalue weighted by molar-refractivity contribution is 14.0. The summed E-state index contributed by atoms with van der Waals surface area (Å²) in [5.41, 5.74) is 1.63. The minimum absolute atomic E-state index is 0. The first-order valence-electron chi connectivity index (χ1n) is 7.67. The fourth-order valence-electron chi connectivity index (χ4n) is 2.05. The molecule has 0 fully saturated rings. The number of nitrogens with zero attached hydrogens (tertiary/aromatic N) is 3. The topological polar surface area (TPSA) is 86.2 Å². The van der Waals surface area contributed by atoms with Gasteiger partial charge in [0, 0.05) is 12.1 Å². The zero-order valence-corrected chi connectivity index (χ0v) is 16.7. The molecule has 0 saturated heterocycles. The smallest absolute Gasteiger partial charge is 0.214 e. The Bertz CT molecular complexity index is 762. The van der Waals surface area contributed by atoms with Crippen molar-refractivity contribution in [3.63, 3.8) is 0 Å². The molecule has 0 radical (unpaired) electrons. The van der Waals surface area contributed by atoms with Crippen molar-refractivity contribution in [2.45, 2.75) is 33.9 Å². The van der Waals surface area contributed by atoms with Gasteiger partial charge in [-0.3, -0.25) is 0 Å². The number of guanidine groups is 1. The van der Waals surface area contributed by atoms with Crippen LogP contribution in [0.15, 0.2) is 27.6 Å². The quantitative estimate of drug-likeness (QED) is 0.409. The van der Waals surface area contributed by atoms with E-state index >= 15 is 0 Å². The average Bonchev–Trinajstić information content (AvgIpc) is 2.89. The van der Waals surface area contributed by atoms with Gasteiger partial charge in [0.15, 0.2) is 5.96 Å². The first-order valence-corrected chi connectivity index (χ1v) is 7.67. The van der Waals surface area contributed by atoms with Crippen molar-refractivity contribution in [3.05, 3.63) is 52.5 Å². The molecule has 2 aromatic rings. The summed E-state index contributed by atoms with van der Waals surface area (Å²) in [5, 5.41) is 15.1. The van der Waals surface area contributed by atoms with Gasteiger partial charge in [-0.15, -0.1) is 24.0 Å². The van der Waals surface area contributed by atoms with Crippen LogP contribution in [0.3, 0.4) is 0 Å². The van der Waals surface area contributed by atoms with E-state index in [1.54, 1.807) is 0 Å². The molecule has 1 aromatic heterocycles. The Balaban J connectivity index is 0.00000312. The lowest BCUT2D eigenvalue weighted by Crippen LogP contribution is -2.36. The lowest BCUT2D eigenvalue weighted by molar-refractivity contribution is 0.463. The molecule has 6 nitrogen and oxygen atoms in total. The molecule has 0 bridgehead atoms. The number of nitrogens with one attached hydrogen (secondary N) is 2. The summed E-state index contributed by atoms with van der Waals surface area (Å²) >= 11 is 0. The number of oxazole rings is 1. The Morgan fingerprint density at radius 2 is 2.12 bits per heavy atom. The van der Waals surface area contributed by atoms with Gasteiger partial charge in [-0.2, -0.15) is 5.26 Å². The standard InChI is InChI=1S/C17H20FN5O.HI/c1-4-20-17(22-10-16-23-11(2)12(3)24-16)21-9-14-7-13(8-19)5-6-15(14)18;/h5-7H,4,9-10H2,1-3H3,(H2,20,21,22);1H. The van der Waals surface area contributed by atoms with Gasteiger partial charge >= 0.3 is 0 Å². The van der Waals surface area contributed by atoms with E-state index in [1.165, 1.54) is 18.2 Å². The summed E-state index contributed by atoms with van der Waals surface area (Å²) in [7, 11) is 0. The van der Waals surface area contributed by atoms with E-state index in [-0.39, 0.29) is 36.3 Å². The third-order valence-electron chi connectivity index (χ3n) is 3.41. The summed E-state index contributed by atoms with van der Waals surface area (Å²) in [6, 6.07) is 6.22. The van der Waals surface area contributed by atoms with Gasteiger partial charge in [0.1, 0.15) is 11.6 Å². The number of hydrogen-bond donors (Lipinski definition) is 2. The van der Waals surface area contributed by atoms with Crippen LogP contribution in [0, 0.1) is 31.0 Å². The number of nitriles is 1. The summed E-state index contributed by atoms with van der Waals surface area (Å²) in [4.78, 5) is 8.63. The number of aryl methyl sites for hydroxylation is 2. The fraction of sp³-hybridized carbons (Fsp3) is 0.353. The summed E-state index contributed by atoms with van der Waals surface area (Å²) in [5.74, 6) is 1.48. The third-order valence-corrected chi connectivity index (χ3v) is 3.41. The summed E-state index contributed by atoms with van der Waals surface area (Å²) in [6.07, 6.45) is 0. The van der Waals surface area contributed by atoms with Crippen LogP contribution in [0.1, 0.15) is 35.4 Å². The van der Waals surface area contributed by atoms with Crippen LogP contribution in [0.25, 0.3) is 0 Å². The molecule has 1 aromatic carbocycles. The highest BCUT2D eigenvalue weighted by Gasteiger charge is 2.07. The largest absolute Gasteiger partial charge is 0.444 e. The highest BCUT2D eigenvalue weighted by atomic mass is 127. The van der Waals surface area contributed by atoms with E-state index in [9.17, 15) is 4.39 Å². The zero-order chi connectivity index (χ0) is 17.5. The number of aliphatic imine (C=N–C) groups is 1. The second-order valence-electron chi connectivity index (χ2n) is 5.22. The second-order valence-corrected chi connectivity index (χ2v) is 5.22. The van der Waals surface area contributed by atoms with Gasteiger partial charge in [-0.25, -0.2) is 14.4 Å². The predicted molar refractivity (Wildman–Crippen MR) is 104 cm³/mol. The lowest BCUT2D eigenvalue weighted by atomic mass is 10.1. The lowest BCUT2D eigenvalue weighted by Gasteiger charge is -2.10. The molecular formula is C17H21FIN5O. The maximum Gasteiger partial charge on any atom is 0.214 e. The maximum absolute atomic E-state index is 13.8. The molecule has 1 heterocycles. The average molecular weight is 457 g/mol. The second kappa shape index (κ2) is 9.98. The molecule has 2 N–H and O–H groups in total. The summed E-state index contributed by atoms with van der Waals surface area (Å²) < 4.78 is 19.3. The van der Waals surface area contributed by atoms with E-state index in [0.717, 1.165) is 11.5 Å². The van der Waals surface area contributed by atoms with E-state index in [1.807, 2.05) is 26.8 Å². The zero-order valence-electron chi connectivity index (χ0n) is 14.4. The van der Waals surface area contributed by atoms with E-state index in [2.05, 4.69) is 20.6 Å². The Labute approximate surface area is 163 Å². The van der Waals surface area contributed by atoms with Crippen LogP contribution in [0.5, 0.6) is 0 Å². The number of halogens is 2. The minimum Gasteiger partial charge on any atom is -0.444 e. The number of rotatable bonds is 5. The Hall–Kier alpha value is -2.15. The van der Waals surface area contributed by atoms with Gasteiger partial charge < -0.3 is 15.1 Å². The van der Waals surface area contributed by atoms with Crippen LogP contribution in [-0.2, 0) is 13.1 Å². The van der Waals surface area contributed by atoms with Crippen molar-refractivity contribution in [1.82, 2.24) is 15.6 Å². The monoisotopic (exact) mass is 457 g/mol. The summed E-state index contributed by atoms with van der Waals surface area (Å²) in [6.45, 7) is 6.84. The van der Waals surface area contributed by atoms with Crippen LogP contribution >= 0.6 is 24.0 Å². The molecule has 134 valence electrons. The van der Waals surface area contributed by atoms with E-state index in [4.69, 9.17) is 9.68 Å². The van der Waals surface area contributed by atoms with Gasteiger partial charge in [0.25, 0.3) is 0 Å². The highest BCUT2D eigenvalue weighted by Crippen LogP contribution is 2.11. The van der Waals surface area contributed by atoms with Crippen molar-refractivity contribution in [3.8, 4) is 6.07 Å². The van der Waals surface area contributed by atoms with Crippen LogP contribution < -0.4 is 10.6 Å². The van der Waals surface area contributed by atoms with Crippen molar-refractivity contribution in [1.29, 1.82) is 5.26 Å². The van der Waals surface area contributed by atoms with Crippen molar-refractivity contribution >= 4 is 29.9 Å². The fourth-order valence-corrected chi connectivity index (χ4v) is 2.05. The molecule has 0 aliphatic carbocycles. The molecule has 0 amide bonds. The molecule has 0 unspecified atom stereocenters. The van der Waals surface area contributed by atoms with E-state index in [0.29, 0.717) is 36.1 Å².